The fourth-order valence-electron chi connectivity index (χ4n) is 2.08. The van der Waals surface area contributed by atoms with Crippen molar-refractivity contribution in [3.63, 3.8) is 0 Å². The van der Waals surface area contributed by atoms with Crippen molar-refractivity contribution in [1.82, 2.24) is 9.88 Å². The van der Waals surface area contributed by atoms with Crippen LogP contribution in [0.25, 0.3) is 0 Å². The molecule has 0 saturated carbocycles. The van der Waals surface area contributed by atoms with Crippen LogP contribution in [0.5, 0.6) is 0 Å². The summed E-state index contributed by atoms with van der Waals surface area (Å²) in [5.41, 5.74) is 0.425. The Morgan fingerprint density at radius 1 is 1.63 bits per heavy atom. The smallest absolute Gasteiger partial charge is 0.255 e. The molecule has 0 radical (unpaired) electrons. The first-order valence-electron chi connectivity index (χ1n) is 6.21. The van der Waals surface area contributed by atoms with Crippen LogP contribution in [0.3, 0.4) is 0 Å². The molecule has 1 unspecified atom stereocenters. The molecule has 1 aliphatic heterocycles. The predicted octanol–water partition coefficient (Wildman–Crippen LogP) is 1.81. The van der Waals surface area contributed by atoms with Crippen molar-refractivity contribution in [2.45, 2.75) is 12.5 Å². The third kappa shape index (κ3) is 3.67. The van der Waals surface area contributed by atoms with Gasteiger partial charge in [-0.2, -0.15) is 16.2 Å². The van der Waals surface area contributed by atoms with Gasteiger partial charge in [-0.3, -0.25) is 4.79 Å². The van der Waals surface area contributed by atoms with E-state index in [2.05, 4.69) is 4.98 Å². The first kappa shape index (κ1) is 14.3. The van der Waals surface area contributed by atoms with Crippen LogP contribution in [-0.4, -0.2) is 53.6 Å². The second kappa shape index (κ2) is 6.86. The van der Waals surface area contributed by atoms with E-state index in [1.54, 1.807) is 7.11 Å². The number of halogens is 1. The molecule has 0 bridgehead atoms. The molecule has 1 fully saturated rings. The molecule has 1 atom stereocenters. The molecule has 1 aromatic heterocycles. The van der Waals surface area contributed by atoms with Crippen LogP contribution in [0.1, 0.15) is 16.8 Å². The average Bonchev–Trinajstić information content (AvgIpc) is 2.94. The third-order valence-electron chi connectivity index (χ3n) is 3.12. The number of amides is 1. The van der Waals surface area contributed by atoms with Gasteiger partial charge in [0.25, 0.3) is 5.91 Å². The Balaban J connectivity index is 2.11. The predicted molar refractivity (Wildman–Crippen MR) is 72.8 cm³/mol. The minimum Gasteiger partial charge on any atom is -0.383 e. The van der Waals surface area contributed by atoms with E-state index >= 15 is 0 Å². The van der Waals surface area contributed by atoms with E-state index in [1.165, 1.54) is 18.3 Å². The van der Waals surface area contributed by atoms with E-state index in [0.717, 1.165) is 17.9 Å². The summed E-state index contributed by atoms with van der Waals surface area (Å²) in [7, 11) is 1.62. The lowest BCUT2D eigenvalue weighted by Gasteiger charge is -2.28. The van der Waals surface area contributed by atoms with Crippen LogP contribution in [0, 0.1) is 5.95 Å². The van der Waals surface area contributed by atoms with Gasteiger partial charge in [0.05, 0.1) is 12.2 Å². The Labute approximate surface area is 116 Å². The topological polar surface area (TPSA) is 42.4 Å². The molecule has 0 aromatic carbocycles. The van der Waals surface area contributed by atoms with Gasteiger partial charge in [0.15, 0.2) is 0 Å². The zero-order valence-electron chi connectivity index (χ0n) is 10.8. The first-order valence-corrected chi connectivity index (χ1v) is 7.37. The van der Waals surface area contributed by atoms with Gasteiger partial charge in [0, 0.05) is 31.6 Å². The zero-order valence-corrected chi connectivity index (χ0v) is 11.7. The molecule has 19 heavy (non-hydrogen) atoms. The highest BCUT2D eigenvalue weighted by Gasteiger charge is 2.27. The Kier molecular flexibility index (Phi) is 5.15. The molecule has 1 aliphatic rings. The summed E-state index contributed by atoms with van der Waals surface area (Å²) < 4.78 is 17.9. The monoisotopic (exact) mass is 284 g/mol. The minimum atomic E-state index is -0.573. The van der Waals surface area contributed by atoms with Crippen molar-refractivity contribution >= 4 is 17.7 Å². The SMILES string of the molecule is COCCN(C(=O)c1ccc(F)nc1)C1CCSC1. The van der Waals surface area contributed by atoms with E-state index in [-0.39, 0.29) is 11.9 Å². The summed E-state index contributed by atoms with van der Waals surface area (Å²) in [5.74, 6) is 1.35. The van der Waals surface area contributed by atoms with Crippen LogP contribution in [0.15, 0.2) is 18.3 Å². The van der Waals surface area contributed by atoms with Gasteiger partial charge in [0.2, 0.25) is 5.95 Å². The lowest BCUT2D eigenvalue weighted by atomic mass is 10.1. The number of methoxy groups -OCH3 is 1. The van der Waals surface area contributed by atoms with Crippen molar-refractivity contribution < 1.29 is 13.9 Å². The number of carbonyl (C=O) groups is 1. The summed E-state index contributed by atoms with van der Waals surface area (Å²) in [4.78, 5) is 17.8. The van der Waals surface area contributed by atoms with Crippen molar-refractivity contribution in [1.29, 1.82) is 0 Å². The van der Waals surface area contributed by atoms with Crippen molar-refractivity contribution in [3.05, 3.63) is 29.8 Å². The highest BCUT2D eigenvalue weighted by Crippen LogP contribution is 2.23. The maximum atomic E-state index is 12.8. The molecule has 0 spiro atoms. The lowest BCUT2D eigenvalue weighted by Crippen LogP contribution is -2.42. The van der Waals surface area contributed by atoms with Gasteiger partial charge in [-0.05, 0) is 24.3 Å². The van der Waals surface area contributed by atoms with Gasteiger partial charge < -0.3 is 9.64 Å². The second-order valence-electron chi connectivity index (χ2n) is 4.38. The van der Waals surface area contributed by atoms with Crippen LogP contribution >= 0.6 is 11.8 Å². The normalized spacial score (nSPS) is 18.5. The summed E-state index contributed by atoms with van der Waals surface area (Å²) in [6, 6.07) is 2.93. The number of hydrogen-bond acceptors (Lipinski definition) is 4. The zero-order chi connectivity index (χ0) is 13.7. The van der Waals surface area contributed by atoms with Crippen LogP contribution < -0.4 is 0 Å². The molecule has 1 amide bonds. The number of thioether (sulfide) groups is 1. The molecule has 104 valence electrons. The van der Waals surface area contributed by atoms with Crippen molar-refractivity contribution in [3.8, 4) is 0 Å². The van der Waals surface area contributed by atoms with E-state index in [4.69, 9.17) is 4.74 Å². The molecular weight excluding hydrogens is 267 g/mol. The molecule has 4 nitrogen and oxygen atoms in total. The highest BCUT2D eigenvalue weighted by atomic mass is 32.2. The van der Waals surface area contributed by atoms with Gasteiger partial charge in [-0.15, -0.1) is 0 Å². The fraction of sp³-hybridized carbons (Fsp3) is 0.538. The summed E-state index contributed by atoms with van der Waals surface area (Å²) in [6.45, 7) is 1.06. The quantitative estimate of drug-likeness (QED) is 0.774. The van der Waals surface area contributed by atoms with Crippen LogP contribution in [-0.2, 0) is 4.74 Å². The third-order valence-corrected chi connectivity index (χ3v) is 4.26. The number of ether oxygens (including phenoxy) is 1. The lowest BCUT2D eigenvalue weighted by molar-refractivity contribution is 0.0624. The average molecular weight is 284 g/mol. The molecule has 1 saturated heterocycles. The molecule has 2 rings (SSSR count). The molecule has 0 N–H and O–H groups in total. The Hall–Kier alpha value is -1.14. The number of rotatable bonds is 5. The van der Waals surface area contributed by atoms with E-state index in [0.29, 0.717) is 18.7 Å². The number of aromatic nitrogens is 1. The van der Waals surface area contributed by atoms with E-state index in [9.17, 15) is 9.18 Å². The van der Waals surface area contributed by atoms with Gasteiger partial charge in [-0.25, -0.2) is 4.98 Å². The van der Waals surface area contributed by atoms with Gasteiger partial charge in [-0.1, -0.05) is 0 Å². The Morgan fingerprint density at radius 3 is 3.05 bits per heavy atom. The number of nitrogens with zero attached hydrogens (tertiary/aromatic N) is 2. The standard InChI is InChI=1S/C13H17FN2O2S/c1-18-6-5-16(11-4-7-19-9-11)13(17)10-2-3-12(14)15-8-10/h2-3,8,11H,4-7,9H2,1H3. The van der Waals surface area contributed by atoms with Crippen molar-refractivity contribution in [2.24, 2.45) is 0 Å². The van der Waals surface area contributed by atoms with Crippen molar-refractivity contribution in [2.75, 3.05) is 31.8 Å². The van der Waals surface area contributed by atoms with E-state index < -0.39 is 5.95 Å². The first-order chi connectivity index (χ1) is 9.22. The summed E-state index contributed by atoms with van der Waals surface area (Å²) >= 11 is 1.85. The molecular formula is C13H17FN2O2S. The fourth-order valence-corrected chi connectivity index (χ4v) is 3.30. The van der Waals surface area contributed by atoms with Crippen LogP contribution in [0.2, 0.25) is 0 Å². The summed E-state index contributed by atoms with van der Waals surface area (Å²) in [6.07, 6.45) is 2.29. The molecule has 6 heteroatoms. The minimum absolute atomic E-state index is 0.1000. The maximum absolute atomic E-state index is 12.8. The van der Waals surface area contributed by atoms with Gasteiger partial charge in [0.1, 0.15) is 0 Å². The van der Waals surface area contributed by atoms with Gasteiger partial charge >= 0.3 is 0 Å². The second-order valence-corrected chi connectivity index (χ2v) is 5.53. The number of hydrogen-bond donors (Lipinski definition) is 0. The Bertz CT molecular complexity index is 421. The van der Waals surface area contributed by atoms with E-state index in [1.807, 2.05) is 16.7 Å². The van der Waals surface area contributed by atoms with Crippen LogP contribution in [0.4, 0.5) is 4.39 Å². The number of carbonyl (C=O) groups excluding carboxylic acids is 1. The maximum Gasteiger partial charge on any atom is 0.255 e. The number of pyridine rings is 1. The summed E-state index contributed by atoms with van der Waals surface area (Å²) in [5, 5.41) is 0. The largest absolute Gasteiger partial charge is 0.383 e. The molecule has 0 aliphatic carbocycles. The Morgan fingerprint density at radius 2 is 2.47 bits per heavy atom. The molecule has 2 heterocycles. The molecule has 1 aromatic rings. The highest BCUT2D eigenvalue weighted by molar-refractivity contribution is 7.99.